The summed E-state index contributed by atoms with van der Waals surface area (Å²) < 4.78 is 0. The van der Waals surface area contributed by atoms with E-state index in [0.717, 1.165) is 5.56 Å². The normalized spacial score (nSPS) is 10.3. The van der Waals surface area contributed by atoms with E-state index in [2.05, 4.69) is 11.9 Å². The number of nitrogens with one attached hydrogen (secondary N) is 1. The maximum absolute atomic E-state index is 11.8. The third-order valence-corrected chi connectivity index (χ3v) is 2.92. The van der Waals surface area contributed by atoms with Crippen molar-refractivity contribution in [2.45, 2.75) is 6.54 Å². The lowest BCUT2D eigenvalue weighted by Crippen LogP contribution is -2.39. The minimum atomic E-state index is -0.981. The summed E-state index contributed by atoms with van der Waals surface area (Å²) in [6, 6.07) is 7.22. The molecule has 5 nitrogen and oxygen atoms in total. The van der Waals surface area contributed by atoms with Crippen molar-refractivity contribution in [3.8, 4) is 0 Å². The molecule has 6 heteroatoms. The molecular weight excluding hydrogens is 280 g/mol. The van der Waals surface area contributed by atoms with Crippen LogP contribution in [0.3, 0.4) is 0 Å². The molecule has 1 amide bonds. The van der Waals surface area contributed by atoms with Crippen molar-refractivity contribution in [2.75, 3.05) is 19.6 Å². The van der Waals surface area contributed by atoms with Gasteiger partial charge in [-0.2, -0.15) is 0 Å². The number of hydrogen-bond acceptors (Lipinski definition) is 3. The molecule has 108 valence electrons. The van der Waals surface area contributed by atoms with Gasteiger partial charge >= 0.3 is 5.97 Å². The Bertz CT molecular complexity index is 491. The second-order valence-corrected chi connectivity index (χ2v) is 4.63. The topological polar surface area (TPSA) is 69.6 Å². The molecule has 0 fully saturated rings. The number of rotatable bonds is 8. The van der Waals surface area contributed by atoms with Crippen LogP contribution in [0, 0.1) is 0 Å². The van der Waals surface area contributed by atoms with Gasteiger partial charge in [-0.3, -0.25) is 14.5 Å². The first-order valence-corrected chi connectivity index (χ1v) is 6.46. The largest absolute Gasteiger partial charge is 0.480 e. The Morgan fingerprint density at radius 1 is 1.35 bits per heavy atom. The smallest absolute Gasteiger partial charge is 0.317 e. The Kier molecular flexibility index (Phi) is 6.76. The van der Waals surface area contributed by atoms with Gasteiger partial charge in [0, 0.05) is 18.1 Å². The number of carboxylic acids is 1. The van der Waals surface area contributed by atoms with Crippen molar-refractivity contribution >= 4 is 23.5 Å². The highest BCUT2D eigenvalue weighted by molar-refractivity contribution is 6.31. The molecule has 1 aromatic carbocycles. The van der Waals surface area contributed by atoms with E-state index in [0.29, 0.717) is 18.1 Å². The molecule has 0 aromatic heterocycles. The lowest BCUT2D eigenvalue weighted by molar-refractivity contribution is -0.138. The van der Waals surface area contributed by atoms with Crippen LogP contribution in [0.15, 0.2) is 36.9 Å². The predicted molar refractivity (Wildman–Crippen MR) is 77.6 cm³/mol. The Balaban J connectivity index is 2.47. The highest BCUT2D eigenvalue weighted by Gasteiger charge is 2.12. The molecule has 0 saturated carbocycles. The van der Waals surface area contributed by atoms with Gasteiger partial charge in [0.2, 0.25) is 5.91 Å². The molecule has 0 bridgehead atoms. The van der Waals surface area contributed by atoms with Gasteiger partial charge in [0.15, 0.2) is 0 Å². The maximum atomic E-state index is 11.8. The monoisotopic (exact) mass is 296 g/mol. The summed E-state index contributed by atoms with van der Waals surface area (Å²) in [5.74, 6) is -1.24. The first kappa shape index (κ1) is 16.2. The van der Waals surface area contributed by atoms with E-state index < -0.39 is 5.97 Å². The van der Waals surface area contributed by atoms with Crippen LogP contribution in [0.5, 0.6) is 0 Å². The van der Waals surface area contributed by atoms with Crippen LogP contribution in [0.1, 0.15) is 5.56 Å². The predicted octanol–water partition coefficient (Wildman–Crippen LogP) is 1.53. The minimum absolute atomic E-state index is 0.00275. The van der Waals surface area contributed by atoms with E-state index in [-0.39, 0.29) is 19.0 Å². The van der Waals surface area contributed by atoms with Crippen molar-refractivity contribution in [1.82, 2.24) is 10.2 Å². The van der Waals surface area contributed by atoms with Crippen LogP contribution in [-0.2, 0) is 16.1 Å². The minimum Gasteiger partial charge on any atom is -0.480 e. The number of nitrogens with zero attached hydrogens (tertiary/aromatic N) is 1. The fourth-order valence-corrected chi connectivity index (χ4v) is 1.86. The molecule has 0 spiro atoms. The maximum Gasteiger partial charge on any atom is 0.317 e. The highest BCUT2D eigenvalue weighted by Crippen LogP contribution is 2.14. The number of aliphatic carboxylic acids is 1. The standard InChI is InChI=1S/C14H17ClN2O3/c1-2-7-17(10-14(19)20)9-13(18)16-8-11-5-3-4-6-12(11)15/h2-6H,1,7-10H2,(H,16,18)(H,19,20). The quantitative estimate of drug-likeness (QED) is 0.714. The van der Waals surface area contributed by atoms with Gasteiger partial charge in [-0.05, 0) is 11.6 Å². The van der Waals surface area contributed by atoms with E-state index in [9.17, 15) is 9.59 Å². The molecule has 2 N–H and O–H groups in total. The van der Waals surface area contributed by atoms with E-state index in [1.54, 1.807) is 12.1 Å². The van der Waals surface area contributed by atoms with Crippen molar-refractivity contribution in [3.05, 3.63) is 47.5 Å². The fourth-order valence-electron chi connectivity index (χ4n) is 1.65. The summed E-state index contributed by atoms with van der Waals surface area (Å²) in [5, 5.41) is 12.0. The van der Waals surface area contributed by atoms with Gasteiger partial charge < -0.3 is 10.4 Å². The highest BCUT2D eigenvalue weighted by atomic mass is 35.5. The molecule has 0 heterocycles. The Hall–Kier alpha value is -1.85. The molecular formula is C14H17ClN2O3. The van der Waals surface area contributed by atoms with Crippen LogP contribution in [0.2, 0.25) is 5.02 Å². The summed E-state index contributed by atoms with van der Waals surface area (Å²) in [6.07, 6.45) is 1.56. The first-order valence-electron chi connectivity index (χ1n) is 6.08. The van der Waals surface area contributed by atoms with Gasteiger partial charge in [0.05, 0.1) is 13.1 Å². The Labute approximate surface area is 122 Å². The third-order valence-electron chi connectivity index (χ3n) is 2.55. The SMILES string of the molecule is C=CCN(CC(=O)O)CC(=O)NCc1ccccc1Cl. The fraction of sp³-hybridized carbons (Fsp3) is 0.286. The number of carboxylic acid groups (broad SMARTS) is 1. The summed E-state index contributed by atoms with van der Waals surface area (Å²) >= 11 is 5.98. The van der Waals surface area contributed by atoms with E-state index >= 15 is 0 Å². The lowest BCUT2D eigenvalue weighted by atomic mass is 10.2. The molecule has 0 unspecified atom stereocenters. The van der Waals surface area contributed by atoms with Crippen LogP contribution in [-0.4, -0.2) is 41.5 Å². The average molecular weight is 297 g/mol. The van der Waals surface area contributed by atoms with Gasteiger partial charge in [-0.25, -0.2) is 0 Å². The van der Waals surface area contributed by atoms with Crippen LogP contribution >= 0.6 is 11.6 Å². The zero-order valence-electron chi connectivity index (χ0n) is 11.0. The van der Waals surface area contributed by atoms with Crippen LogP contribution < -0.4 is 5.32 Å². The number of hydrogen-bond donors (Lipinski definition) is 2. The zero-order chi connectivity index (χ0) is 15.0. The van der Waals surface area contributed by atoms with Crippen LogP contribution in [0.4, 0.5) is 0 Å². The molecule has 0 radical (unpaired) electrons. The van der Waals surface area contributed by atoms with Crippen LogP contribution in [0.25, 0.3) is 0 Å². The number of benzene rings is 1. The summed E-state index contributed by atoms with van der Waals surface area (Å²) in [6.45, 7) is 3.99. The van der Waals surface area contributed by atoms with Gasteiger partial charge in [0.25, 0.3) is 0 Å². The van der Waals surface area contributed by atoms with Crippen molar-refractivity contribution in [1.29, 1.82) is 0 Å². The number of carbonyl (C=O) groups is 2. The molecule has 0 saturated heterocycles. The third kappa shape index (κ3) is 5.86. The second-order valence-electron chi connectivity index (χ2n) is 4.22. The summed E-state index contributed by atoms with van der Waals surface area (Å²) in [7, 11) is 0. The van der Waals surface area contributed by atoms with E-state index in [4.69, 9.17) is 16.7 Å². The van der Waals surface area contributed by atoms with Gasteiger partial charge in [-0.15, -0.1) is 6.58 Å². The second kappa shape index (κ2) is 8.35. The Morgan fingerprint density at radius 2 is 2.05 bits per heavy atom. The van der Waals surface area contributed by atoms with E-state index in [1.807, 2.05) is 18.2 Å². The number of halogens is 1. The molecule has 1 aromatic rings. The molecule has 0 aliphatic heterocycles. The molecule has 1 rings (SSSR count). The van der Waals surface area contributed by atoms with Gasteiger partial charge in [-0.1, -0.05) is 35.9 Å². The molecule has 0 aliphatic rings. The Morgan fingerprint density at radius 3 is 2.65 bits per heavy atom. The van der Waals surface area contributed by atoms with Crippen molar-refractivity contribution < 1.29 is 14.7 Å². The lowest BCUT2D eigenvalue weighted by Gasteiger charge is -2.17. The summed E-state index contributed by atoms with van der Waals surface area (Å²) in [5.41, 5.74) is 0.816. The molecule has 20 heavy (non-hydrogen) atoms. The van der Waals surface area contributed by atoms with E-state index in [1.165, 1.54) is 4.90 Å². The first-order chi connectivity index (χ1) is 9.52. The number of amides is 1. The molecule has 0 aliphatic carbocycles. The van der Waals surface area contributed by atoms with Crippen molar-refractivity contribution in [2.24, 2.45) is 0 Å². The summed E-state index contributed by atoms with van der Waals surface area (Å²) in [4.78, 5) is 23.9. The number of carbonyl (C=O) groups excluding carboxylic acids is 1. The van der Waals surface area contributed by atoms with Crippen molar-refractivity contribution in [3.63, 3.8) is 0 Å². The average Bonchev–Trinajstić information content (AvgIpc) is 2.37. The zero-order valence-corrected chi connectivity index (χ0v) is 11.8. The molecule has 0 atom stereocenters. The van der Waals surface area contributed by atoms with Gasteiger partial charge in [0.1, 0.15) is 0 Å².